The van der Waals surface area contributed by atoms with Crippen molar-refractivity contribution in [1.82, 2.24) is 14.8 Å². The summed E-state index contributed by atoms with van der Waals surface area (Å²) >= 11 is 1.45. The normalized spacial score (nSPS) is 17.1. The molecule has 0 radical (unpaired) electrons. The molecule has 2 aromatic rings. The van der Waals surface area contributed by atoms with E-state index in [9.17, 15) is 4.79 Å². The van der Waals surface area contributed by atoms with Gasteiger partial charge in [0.1, 0.15) is 19.0 Å². The molecule has 4 rings (SSSR count). The molecular formula is C18H22N4O3S. The van der Waals surface area contributed by atoms with Crippen molar-refractivity contribution in [2.45, 2.75) is 49.6 Å². The molecule has 0 spiro atoms. The van der Waals surface area contributed by atoms with E-state index in [-0.39, 0.29) is 11.2 Å². The zero-order valence-electron chi connectivity index (χ0n) is 14.7. The van der Waals surface area contributed by atoms with Gasteiger partial charge >= 0.3 is 0 Å². The maximum absolute atomic E-state index is 12.6. The summed E-state index contributed by atoms with van der Waals surface area (Å²) in [5.74, 6) is 2.34. The highest BCUT2D eigenvalue weighted by Crippen LogP contribution is 2.33. The van der Waals surface area contributed by atoms with Crippen LogP contribution in [0.3, 0.4) is 0 Å². The number of nitrogens with zero attached hydrogens (tertiary/aromatic N) is 3. The van der Waals surface area contributed by atoms with Crippen LogP contribution < -0.4 is 14.8 Å². The second-order valence-electron chi connectivity index (χ2n) is 6.47. The number of nitrogens with one attached hydrogen (secondary N) is 1. The maximum atomic E-state index is 12.6. The fourth-order valence-electron chi connectivity index (χ4n) is 3.12. The van der Waals surface area contributed by atoms with Gasteiger partial charge in [0.15, 0.2) is 16.7 Å². The SMILES string of the molecule is CC(Sc1nnc2n1CCCCC2)C(=O)Nc1ccc2c(c1)OCCO2. The number of ether oxygens (including phenoxy) is 2. The predicted molar refractivity (Wildman–Crippen MR) is 99.0 cm³/mol. The molecule has 0 aliphatic carbocycles. The molecule has 1 N–H and O–H groups in total. The van der Waals surface area contributed by atoms with Crippen molar-refractivity contribution in [3.63, 3.8) is 0 Å². The van der Waals surface area contributed by atoms with Gasteiger partial charge in [-0.15, -0.1) is 10.2 Å². The molecule has 0 bridgehead atoms. The van der Waals surface area contributed by atoms with Gasteiger partial charge in [-0.2, -0.15) is 0 Å². The number of rotatable bonds is 4. The Balaban J connectivity index is 1.41. The fourth-order valence-corrected chi connectivity index (χ4v) is 4.02. The molecule has 1 amide bonds. The Labute approximate surface area is 156 Å². The number of aromatic nitrogens is 3. The summed E-state index contributed by atoms with van der Waals surface area (Å²) in [7, 11) is 0. The highest BCUT2D eigenvalue weighted by molar-refractivity contribution is 8.00. The van der Waals surface area contributed by atoms with E-state index in [1.54, 1.807) is 6.07 Å². The predicted octanol–water partition coefficient (Wildman–Crippen LogP) is 2.90. The second-order valence-corrected chi connectivity index (χ2v) is 7.78. The van der Waals surface area contributed by atoms with Crippen LogP contribution in [0.15, 0.2) is 23.4 Å². The summed E-state index contributed by atoms with van der Waals surface area (Å²) in [5.41, 5.74) is 0.701. The Morgan fingerprint density at radius 2 is 2.04 bits per heavy atom. The van der Waals surface area contributed by atoms with Crippen molar-refractivity contribution >= 4 is 23.4 Å². The summed E-state index contributed by atoms with van der Waals surface area (Å²) < 4.78 is 13.2. The summed E-state index contributed by atoms with van der Waals surface area (Å²) in [6, 6.07) is 5.44. The summed E-state index contributed by atoms with van der Waals surface area (Å²) in [6.07, 6.45) is 4.47. The molecule has 7 nitrogen and oxygen atoms in total. The summed E-state index contributed by atoms with van der Waals surface area (Å²) in [6.45, 7) is 3.89. The quantitative estimate of drug-likeness (QED) is 0.829. The summed E-state index contributed by atoms with van der Waals surface area (Å²) in [4.78, 5) is 12.6. The number of aryl methyl sites for hydroxylation is 1. The van der Waals surface area contributed by atoms with Crippen LogP contribution in [0.2, 0.25) is 0 Å². The number of hydrogen-bond acceptors (Lipinski definition) is 6. The lowest BCUT2D eigenvalue weighted by Gasteiger charge is -2.19. The molecule has 2 aliphatic heterocycles. The minimum Gasteiger partial charge on any atom is -0.486 e. The molecule has 26 heavy (non-hydrogen) atoms. The van der Waals surface area contributed by atoms with E-state index < -0.39 is 0 Å². The lowest BCUT2D eigenvalue weighted by Crippen LogP contribution is -2.23. The zero-order chi connectivity index (χ0) is 17.9. The van der Waals surface area contributed by atoms with Gasteiger partial charge in [0.2, 0.25) is 5.91 Å². The van der Waals surface area contributed by atoms with Gasteiger partial charge in [0, 0.05) is 24.7 Å². The Morgan fingerprint density at radius 1 is 1.19 bits per heavy atom. The molecule has 1 aromatic heterocycles. The molecule has 1 aromatic carbocycles. The number of thioether (sulfide) groups is 1. The van der Waals surface area contributed by atoms with E-state index in [0.717, 1.165) is 36.8 Å². The standard InChI is InChI=1S/C18H22N4O3S/c1-12(26-18-21-20-16-5-3-2-4-8-22(16)18)17(23)19-13-6-7-14-15(11-13)25-10-9-24-14/h6-7,11-12H,2-5,8-10H2,1H3,(H,19,23). The van der Waals surface area contributed by atoms with Gasteiger partial charge in [0.05, 0.1) is 5.25 Å². The topological polar surface area (TPSA) is 78.3 Å². The lowest BCUT2D eigenvalue weighted by atomic mass is 10.2. The zero-order valence-corrected chi connectivity index (χ0v) is 15.6. The molecule has 0 saturated heterocycles. The van der Waals surface area contributed by atoms with Gasteiger partial charge in [-0.1, -0.05) is 18.2 Å². The minimum atomic E-state index is -0.278. The van der Waals surface area contributed by atoms with Gasteiger partial charge in [0.25, 0.3) is 0 Å². The van der Waals surface area contributed by atoms with Crippen molar-refractivity contribution in [2.75, 3.05) is 18.5 Å². The van der Waals surface area contributed by atoms with Crippen LogP contribution in [0.4, 0.5) is 5.69 Å². The highest BCUT2D eigenvalue weighted by atomic mass is 32.2. The first-order valence-electron chi connectivity index (χ1n) is 9.00. The monoisotopic (exact) mass is 374 g/mol. The summed E-state index contributed by atoms with van der Waals surface area (Å²) in [5, 5.41) is 12.1. The van der Waals surface area contributed by atoms with Crippen LogP contribution in [-0.2, 0) is 17.8 Å². The number of amides is 1. The van der Waals surface area contributed by atoms with Gasteiger partial charge in [-0.25, -0.2) is 0 Å². The number of carbonyl (C=O) groups is 1. The fraction of sp³-hybridized carbons (Fsp3) is 0.500. The average Bonchev–Trinajstić information content (AvgIpc) is 2.88. The van der Waals surface area contributed by atoms with Crippen molar-refractivity contribution < 1.29 is 14.3 Å². The molecule has 1 unspecified atom stereocenters. The third kappa shape index (κ3) is 3.65. The van der Waals surface area contributed by atoms with Gasteiger partial charge in [-0.05, 0) is 31.9 Å². The van der Waals surface area contributed by atoms with Crippen LogP contribution >= 0.6 is 11.8 Å². The second kappa shape index (κ2) is 7.57. The van der Waals surface area contributed by atoms with Crippen LogP contribution in [0.1, 0.15) is 32.0 Å². The van der Waals surface area contributed by atoms with E-state index in [1.165, 1.54) is 18.2 Å². The largest absolute Gasteiger partial charge is 0.486 e. The smallest absolute Gasteiger partial charge is 0.237 e. The number of anilines is 1. The Hall–Kier alpha value is -2.22. The number of carbonyl (C=O) groups excluding carboxylic acids is 1. The van der Waals surface area contributed by atoms with E-state index in [2.05, 4.69) is 20.1 Å². The number of hydrogen-bond donors (Lipinski definition) is 1. The Bertz CT molecular complexity index is 808. The van der Waals surface area contributed by atoms with E-state index in [0.29, 0.717) is 30.4 Å². The molecule has 138 valence electrons. The lowest BCUT2D eigenvalue weighted by molar-refractivity contribution is -0.115. The van der Waals surface area contributed by atoms with Gasteiger partial charge < -0.3 is 19.4 Å². The van der Waals surface area contributed by atoms with Crippen LogP contribution in [0.5, 0.6) is 11.5 Å². The molecule has 3 heterocycles. The number of benzene rings is 1. The Kier molecular flexibility index (Phi) is 5.01. The van der Waals surface area contributed by atoms with E-state index >= 15 is 0 Å². The Morgan fingerprint density at radius 3 is 2.92 bits per heavy atom. The van der Waals surface area contributed by atoms with Crippen LogP contribution in [-0.4, -0.2) is 39.1 Å². The van der Waals surface area contributed by atoms with E-state index in [1.807, 2.05) is 19.1 Å². The average molecular weight is 374 g/mol. The molecular weight excluding hydrogens is 352 g/mol. The van der Waals surface area contributed by atoms with Crippen LogP contribution in [0, 0.1) is 0 Å². The first kappa shape index (κ1) is 17.2. The van der Waals surface area contributed by atoms with Crippen molar-refractivity contribution in [2.24, 2.45) is 0 Å². The molecule has 2 aliphatic rings. The van der Waals surface area contributed by atoms with Crippen molar-refractivity contribution in [1.29, 1.82) is 0 Å². The van der Waals surface area contributed by atoms with Crippen molar-refractivity contribution in [3.05, 3.63) is 24.0 Å². The highest BCUT2D eigenvalue weighted by Gasteiger charge is 2.22. The first-order chi connectivity index (χ1) is 12.7. The van der Waals surface area contributed by atoms with Crippen LogP contribution in [0.25, 0.3) is 0 Å². The molecule has 0 saturated carbocycles. The van der Waals surface area contributed by atoms with E-state index in [4.69, 9.17) is 9.47 Å². The third-order valence-corrected chi connectivity index (χ3v) is 5.62. The molecule has 1 atom stereocenters. The maximum Gasteiger partial charge on any atom is 0.237 e. The third-order valence-electron chi connectivity index (χ3n) is 4.54. The van der Waals surface area contributed by atoms with Gasteiger partial charge in [-0.3, -0.25) is 4.79 Å². The van der Waals surface area contributed by atoms with Crippen molar-refractivity contribution in [3.8, 4) is 11.5 Å². The molecule has 0 fully saturated rings. The molecule has 8 heteroatoms. The first-order valence-corrected chi connectivity index (χ1v) is 9.88. The minimum absolute atomic E-state index is 0.0716. The number of fused-ring (bicyclic) bond motifs is 2.